The molecule has 0 bridgehead atoms. The number of hydrogen-bond donors (Lipinski definition) is 2. The highest BCUT2D eigenvalue weighted by atomic mass is 35.5. The van der Waals surface area contributed by atoms with E-state index < -0.39 is 0 Å². The second-order valence-corrected chi connectivity index (χ2v) is 4.31. The van der Waals surface area contributed by atoms with Crippen molar-refractivity contribution in [3.05, 3.63) is 29.3 Å². The number of aryl methyl sites for hydroxylation is 1. The molecule has 1 aliphatic rings. The molecule has 0 spiro atoms. The van der Waals surface area contributed by atoms with E-state index in [2.05, 4.69) is 54.6 Å². The van der Waals surface area contributed by atoms with Crippen LogP contribution in [-0.2, 0) is 0 Å². The molecule has 1 aliphatic heterocycles. The van der Waals surface area contributed by atoms with Crippen LogP contribution in [0.5, 0.6) is 0 Å². The third kappa shape index (κ3) is 3.13. The highest BCUT2D eigenvalue weighted by molar-refractivity contribution is 5.90. The Bertz CT molecular complexity index is 415. The van der Waals surface area contributed by atoms with Crippen molar-refractivity contribution in [1.29, 1.82) is 0 Å². The average molecular weight is 254 g/mol. The Morgan fingerprint density at radius 3 is 2.76 bits per heavy atom. The summed E-state index contributed by atoms with van der Waals surface area (Å²) >= 11 is 0. The van der Waals surface area contributed by atoms with Crippen LogP contribution >= 0.6 is 12.4 Å². The molecule has 17 heavy (non-hydrogen) atoms. The van der Waals surface area contributed by atoms with Crippen LogP contribution in [0.1, 0.15) is 18.1 Å². The van der Waals surface area contributed by atoms with Crippen molar-refractivity contribution in [3.63, 3.8) is 0 Å². The van der Waals surface area contributed by atoms with Gasteiger partial charge in [-0.25, -0.2) is 0 Å². The molecule has 0 aromatic heterocycles. The zero-order chi connectivity index (χ0) is 11.5. The molecule has 0 saturated heterocycles. The number of amidine groups is 1. The lowest BCUT2D eigenvalue weighted by Gasteiger charge is -2.18. The summed E-state index contributed by atoms with van der Waals surface area (Å²) in [4.78, 5) is 4.43. The predicted octanol–water partition coefficient (Wildman–Crippen LogP) is 2.53. The van der Waals surface area contributed by atoms with E-state index in [-0.39, 0.29) is 18.4 Å². The Kier molecular flexibility index (Phi) is 4.82. The SMILES string of the molecule is Cc1cccc(NC(C)C2=NCCN2)c1C.Cl. The van der Waals surface area contributed by atoms with Gasteiger partial charge in [0.15, 0.2) is 0 Å². The van der Waals surface area contributed by atoms with Crippen molar-refractivity contribution in [1.82, 2.24) is 5.32 Å². The standard InChI is InChI=1S/C13H19N3.ClH/c1-9-5-4-6-12(10(9)2)16-11(3)13-14-7-8-15-13;/h4-6,11,16H,7-8H2,1-3H3,(H,14,15);1H. The van der Waals surface area contributed by atoms with Crippen LogP contribution in [0.15, 0.2) is 23.2 Å². The van der Waals surface area contributed by atoms with Gasteiger partial charge in [-0.3, -0.25) is 4.99 Å². The largest absolute Gasteiger partial charge is 0.375 e. The van der Waals surface area contributed by atoms with E-state index in [0.717, 1.165) is 18.9 Å². The van der Waals surface area contributed by atoms with E-state index >= 15 is 0 Å². The molecule has 4 heteroatoms. The van der Waals surface area contributed by atoms with Crippen LogP contribution in [0.4, 0.5) is 5.69 Å². The molecular formula is C13H20ClN3. The minimum Gasteiger partial charge on any atom is -0.375 e. The summed E-state index contributed by atoms with van der Waals surface area (Å²) in [5.41, 5.74) is 3.83. The minimum absolute atomic E-state index is 0. The van der Waals surface area contributed by atoms with Gasteiger partial charge in [-0.1, -0.05) is 12.1 Å². The molecule has 0 amide bonds. The lowest BCUT2D eigenvalue weighted by Crippen LogP contribution is -2.34. The van der Waals surface area contributed by atoms with Gasteiger partial charge in [0.2, 0.25) is 0 Å². The number of hydrogen-bond acceptors (Lipinski definition) is 3. The van der Waals surface area contributed by atoms with Gasteiger partial charge in [0.25, 0.3) is 0 Å². The minimum atomic E-state index is 0. The maximum absolute atomic E-state index is 4.43. The van der Waals surface area contributed by atoms with E-state index in [4.69, 9.17) is 0 Å². The molecule has 0 saturated carbocycles. The van der Waals surface area contributed by atoms with Crippen LogP contribution in [0, 0.1) is 13.8 Å². The molecule has 0 aliphatic carbocycles. The van der Waals surface area contributed by atoms with Gasteiger partial charge in [0.1, 0.15) is 5.84 Å². The molecule has 2 rings (SSSR count). The fraction of sp³-hybridized carbons (Fsp3) is 0.462. The highest BCUT2D eigenvalue weighted by Gasteiger charge is 2.14. The monoisotopic (exact) mass is 253 g/mol. The van der Waals surface area contributed by atoms with Crippen LogP contribution in [0.3, 0.4) is 0 Å². The molecular weight excluding hydrogens is 234 g/mol. The fourth-order valence-electron chi connectivity index (χ4n) is 1.92. The van der Waals surface area contributed by atoms with E-state index in [1.807, 2.05) is 0 Å². The van der Waals surface area contributed by atoms with E-state index in [1.54, 1.807) is 0 Å². The maximum Gasteiger partial charge on any atom is 0.119 e. The number of aliphatic imine (C=N–C) groups is 1. The topological polar surface area (TPSA) is 36.4 Å². The Labute approximate surface area is 109 Å². The number of rotatable bonds is 3. The van der Waals surface area contributed by atoms with Crippen molar-refractivity contribution in [3.8, 4) is 0 Å². The van der Waals surface area contributed by atoms with Gasteiger partial charge in [-0.2, -0.15) is 0 Å². The molecule has 3 nitrogen and oxygen atoms in total. The summed E-state index contributed by atoms with van der Waals surface area (Å²) in [7, 11) is 0. The van der Waals surface area contributed by atoms with Crippen molar-refractivity contribution in [2.24, 2.45) is 4.99 Å². The highest BCUT2D eigenvalue weighted by Crippen LogP contribution is 2.19. The van der Waals surface area contributed by atoms with Crippen molar-refractivity contribution >= 4 is 23.9 Å². The Morgan fingerprint density at radius 1 is 1.35 bits per heavy atom. The third-order valence-electron chi connectivity index (χ3n) is 3.09. The Morgan fingerprint density at radius 2 is 2.12 bits per heavy atom. The summed E-state index contributed by atoms with van der Waals surface area (Å²) in [6.45, 7) is 8.28. The molecule has 1 unspecified atom stereocenters. The van der Waals surface area contributed by atoms with Gasteiger partial charge >= 0.3 is 0 Å². The van der Waals surface area contributed by atoms with Gasteiger partial charge in [-0.15, -0.1) is 12.4 Å². The summed E-state index contributed by atoms with van der Waals surface area (Å²) in [6.07, 6.45) is 0. The van der Waals surface area contributed by atoms with Crippen LogP contribution in [-0.4, -0.2) is 25.0 Å². The first kappa shape index (κ1) is 13.8. The first-order valence-corrected chi connectivity index (χ1v) is 5.79. The van der Waals surface area contributed by atoms with Gasteiger partial charge in [-0.05, 0) is 38.0 Å². The zero-order valence-electron chi connectivity index (χ0n) is 10.6. The Hall–Kier alpha value is -1.22. The van der Waals surface area contributed by atoms with Gasteiger partial charge in [0.05, 0.1) is 12.6 Å². The van der Waals surface area contributed by atoms with E-state index in [9.17, 15) is 0 Å². The molecule has 2 N–H and O–H groups in total. The fourth-order valence-corrected chi connectivity index (χ4v) is 1.92. The summed E-state index contributed by atoms with van der Waals surface area (Å²) in [5.74, 6) is 1.07. The zero-order valence-corrected chi connectivity index (χ0v) is 11.4. The maximum atomic E-state index is 4.43. The first-order chi connectivity index (χ1) is 7.68. The van der Waals surface area contributed by atoms with Crippen molar-refractivity contribution in [2.75, 3.05) is 18.4 Å². The first-order valence-electron chi connectivity index (χ1n) is 5.79. The van der Waals surface area contributed by atoms with Gasteiger partial charge < -0.3 is 10.6 Å². The van der Waals surface area contributed by atoms with Crippen LogP contribution in [0.2, 0.25) is 0 Å². The second kappa shape index (κ2) is 5.92. The molecule has 0 fully saturated rings. The predicted molar refractivity (Wildman–Crippen MR) is 76.6 cm³/mol. The Balaban J connectivity index is 0.00000144. The molecule has 94 valence electrons. The summed E-state index contributed by atoms with van der Waals surface area (Å²) < 4.78 is 0. The molecule has 1 heterocycles. The van der Waals surface area contributed by atoms with Crippen LogP contribution < -0.4 is 10.6 Å². The van der Waals surface area contributed by atoms with Gasteiger partial charge in [0, 0.05) is 12.2 Å². The number of nitrogens with one attached hydrogen (secondary N) is 2. The average Bonchev–Trinajstić information content (AvgIpc) is 2.78. The number of anilines is 1. The quantitative estimate of drug-likeness (QED) is 0.869. The van der Waals surface area contributed by atoms with Crippen molar-refractivity contribution < 1.29 is 0 Å². The second-order valence-electron chi connectivity index (χ2n) is 4.31. The lowest BCUT2D eigenvalue weighted by atomic mass is 10.1. The summed E-state index contributed by atoms with van der Waals surface area (Å²) in [6, 6.07) is 6.59. The number of halogens is 1. The summed E-state index contributed by atoms with van der Waals surface area (Å²) in [5, 5.41) is 6.80. The molecule has 1 aromatic rings. The molecule has 1 aromatic carbocycles. The smallest absolute Gasteiger partial charge is 0.119 e. The lowest BCUT2D eigenvalue weighted by molar-refractivity contribution is 0.928. The number of nitrogens with zero attached hydrogens (tertiary/aromatic N) is 1. The van der Waals surface area contributed by atoms with E-state index in [1.165, 1.54) is 16.8 Å². The van der Waals surface area contributed by atoms with Crippen molar-refractivity contribution in [2.45, 2.75) is 26.8 Å². The normalized spacial score (nSPS) is 15.6. The number of benzene rings is 1. The van der Waals surface area contributed by atoms with Crippen LogP contribution in [0.25, 0.3) is 0 Å². The van der Waals surface area contributed by atoms with E-state index in [0.29, 0.717) is 0 Å². The molecule has 1 atom stereocenters. The third-order valence-corrected chi connectivity index (χ3v) is 3.09. The molecule has 0 radical (unpaired) electrons.